The third-order valence-corrected chi connectivity index (χ3v) is 5.37. The lowest BCUT2D eigenvalue weighted by molar-refractivity contribution is -0.314. The number of piperazine rings is 1. The van der Waals surface area contributed by atoms with E-state index in [1.54, 1.807) is 6.92 Å². The Hall–Kier alpha value is -3.30. The number of ether oxygens (including phenoxy) is 1. The molecule has 2 N–H and O–H groups in total. The highest BCUT2D eigenvalue weighted by atomic mass is 19.4. The Balaban J connectivity index is 1.92. The van der Waals surface area contributed by atoms with Gasteiger partial charge in [0.2, 0.25) is 6.10 Å². The predicted octanol–water partition coefficient (Wildman–Crippen LogP) is 4.16. The zero-order valence-corrected chi connectivity index (χ0v) is 17.6. The first-order valence-electron chi connectivity index (χ1n) is 10.0. The minimum atomic E-state index is -6.16. The number of fused-ring (bicyclic) bond motifs is 1. The van der Waals surface area contributed by atoms with Gasteiger partial charge in [-0.15, -0.1) is 0 Å². The van der Waals surface area contributed by atoms with Crippen LogP contribution in [0.3, 0.4) is 0 Å². The van der Waals surface area contributed by atoms with Crippen molar-refractivity contribution in [2.24, 2.45) is 0 Å². The lowest BCUT2D eigenvalue weighted by Gasteiger charge is -2.34. The molecule has 4 rings (SSSR count). The monoisotopic (exact) mass is 512 g/mol. The number of anilines is 2. The van der Waals surface area contributed by atoms with Crippen LogP contribution in [0.5, 0.6) is 0 Å². The van der Waals surface area contributed by atoms with Crippen LogP contribution in [0.2, 0.25) is 0 Å². The van der Waals surface area contributed by atoms with Crippen LogP contribution in [0.4, 0.5) is 51.6 Å². The Morgan fingerprint density at radius 3 is 2.43 bits per heavy atom. The van der Waals surface area contributed by atoms with Gasteiger partial charge in [0.15, 0.2) is 0 Å². The number of aromatic nitrogens is 3. The number of carbonyl (C=O) groups excluding carboxylic acids is 1. The van der Waals surface area contributed by atoms with Crippen LogP contribution in [0, 0.1) is 0 Å². The van der Waals surface area contributed by atoms with Gasteiger partial charge in [0.1, 0.15) is 23.7 Å². The standard InChI is InChI=1S/C19H16F8N6O2/c1-8-6-33(3-2-28-8)11-5-9(18(22,23)24)4-10(31-11)13-12-14(17(20,21)19(25,26)27)35-16(34)32-15(12)30-7-29-13/h4-5,7-8,14,28H,2-3,6H2,1H3,(H,29,30,32,34)/t8-,14-/m0/s1. The molecule has 0 aromatic carbocycles. The number of halogens is 8. The number of nitrogens with one attached hydrogen (secondary N) is 2. The van der Waals surface area contributed by atoms with E-state index in [0.29, 0.717) is 18.9 Å². The maximum absolute atomic E-state index is 14.3. The summed E-state index contributed by atoms with van der Waals surface area (Å²) >= 11 is 0. The van der Waals surface area contributed by atoms with Gasteiger partial charge < -0.3 is 15.0 Å². The molecule has 0 radical (unpaired) electrons. The summed E-state index contributed by atoms with van der Waals surface area (Å²) in [6, 6.07) is 1.10. The molecule has 0 bridgehead atoms. The lowest BCUT2D eigenvalue weighted by atomic mass is 9.98. The van der Waals surface area contributed by atoms with Crippen molar-refractivity contribution in [1.29, 1.82) is 0 Å². The van der Waals surface area contributed by atoms with Gasteiger partial charge in [-0.1, -0.05) is 0 Å². The van der Waals surface area contributed by atoms with Crippen LogP contribution in [0.25, 0.3) is 11.4 Å². The molecular formula is C19H16F8N6O2. The van der Waals surface area contributed by atoms with Crippen molar-refractivity contribution >= 4 is 17.7 Å². The van der Waals surface area contributed by atoms with Crippen molar-refractivity contribution in [3.63, 3.8) is 0 Å². The number of carbonyl (C=O) groups is 1. The van der Waals surface area contributed by atoms with Gasteiger partial charge in [0.25, 0.3) is 0 Å². The Morgan fingerprint density at radius 2 is 1.80 bits per heavy atom. The molecule has 35 heavy (non-hydrogen) atoms. The van der Waals surface area contributed by atoms with E-state index in [1.165, 1.54) is 4.90 Å². The summed E-state index contributed by atoms with van der Waals surface area (Å²) in [5.74, 6) is -6.57. The average molecular weight is 512 g/mol. The first-order chi connectivity index (χ1) is 16.2. The van der Waals surface area contributed by atoms with Gasteiger partial charge >= 0.3 is 24.4 Å². The summed E-state index contributed by atoms with van der Waals surface area (Å²) in [5, 5.41) is 4.97. The van der Waals surface area contributed by atoms with Crippen molar-refractivity contribution in [1.82, 2.24) is 20.3 Å². The van der Waals surface area contributed by atoms with Crippen LogP contribution in [0.15, 0.2) is 18.5 Å². The smallest absolute Gasteiger partial charge is 0.434 e. The van der Waals surface area contributed by atoms with Gasteiger partial charge in [0, 0.05) is 25.7 Å². The van der Waals surface area contributed by atoms with Crippen molar-refractivity contribution in [3.8, 4) is 11.4 Å². The minimum Gasteiger partial charge on any atom is -0.434 e. The minimum absolute atomic E-state index is 0.117. The maximum Gasteiger partial charge on any atom is 0.457 e. The van der Waals surface area contributed by atoms with E-state index >= 15 is 0 Å². The van der Waals surface area contributed by atoms with Crippen LogP contribution >= 0.6 is 0 Å². The van der Waals surface area contributed by atoms with Crippen LogP contribution in [0.1, 0.15) is 24.2 Å². The van der Waals surface area contributed by atoms with Gasteiger partial charge in [-0.25, -0.2) is 19.7 Å². The maximum atomic E-state index is 14.3. The van der Waals surface area contributed by atoms with Gasteiger partial charge in [-0.2, -0.15) is 35.1 Å². The van der Waals surface area contributed by atoms with E-state index in [9.17, 15) is 39.9 Å². The van der Waals surface area contributed by atoms with E-state index < -0.39 is 58.8 Å². The second-order valence-corrected chi connectivity index (χ2v) is 7.91. The number of nitrogens with zero attached hydrogens (tertiary/aromatic N) is 4. The van der Waals surface area contributed by atoms with Crippen LogP contribution in [-0.4, -0.2) is 58.8 Å². The molecule has 16 heteroatoms. The molecule has 0 aliphatic carbocycles. The van der Waals surface area contributed by atoms with Crippen molar-refractivity contribution in [2.45, 2.75) is 37.3 Å². The van der Waals surface area contributed by atoms with Crippen molar-refractivity contribution in [3.05, 3.63) is 29.6 Å². The second kappa shape index (κ2) is 8.42. The molecule has 2 aliphatic rings. The molecule has 1 fully saturated rings. The molecule has 8 nitrogen and oxygen atoms in total. The fourth-order valence-electron chi connectivity index (χ4n) is 3.75. The SMILES string of the molecule is C[C@H]1CN(c2cc(C(F)(F)F)cc(-c3ncnc4c3[C@@H](C(F)(F)C(F)(F)F)OC(=O)N4)n2)CCN1. The van der Waals surface area contributed by atoms with E-state index in [4.69, 9.17) is 0 Å². The first-order valence-corrected chi connectivity index (χ1v) is 10.0. The lowest BCUT2D eigenvalue weighted by Crippen LogP contribution is -2.49. The molecule has 4 heterocycles. The van der Waals surface area contributed by atoms with Gasteiger partial charge in [-0.05, 0) is 19.1 Å². The summed E-state index contributed by atoms with van der Waals surface area (Å²) in [5.41, 5.74) is -3.71. The molecule has 2 aliphatic heterocycles. The highest BCUT2D eigenvalue weighted by molar-refractivity contribution is 5.88. The summed E-state index contributed by atoms with van der Waals surface area (Å²) in [6.45, 7) is 2.71. The number of hydrogen-bond acceptors (Lipinski definition) is 7. The normalized spacial score (nSPS) is 21.3. The molecule has 0 spiro atoms. The second-order valence-electron chi connectivity index (χ2n) is 7.91. The third-order valence-electron chi connectivity index (χ3n) is 5.37. The number of cyclic esters (lactones) is 1. The Morgan fingerprint density at radius 1 is 1.09 bits per heavy atom. The third kappa shape index (κ3) is 4.66. The molecule has 1 saturated heterocycles. The first kappa shape index (κ1) is 24.8. The fraction of sp³-hybridized carbons (Fsp3) is 0.474. The summed E-state index contributed by atoms with van der Waals surface area (Å²) in [7, 11) is 0. The van der Waals surface area contributed by atoms with Gasteiger partial charge in [-0.3, -0.25) is 5.32 Å². The van der Waals surface area contributed by atoms with E-state index in [2.05, 4.69) is 25.0 Å². The summed E-state index contributed by atoms with van der Waals surface area (Å²) in [6.07, 6.45) is -15.3. The van der Waals surface area contributed by atoms with Crippen molar-refractivity contribution < 1.29 is 44.7 Å². The number of hydrogen-bond donors (Lipinski definition) is 2. The van der Waals surface area contributed by atoms with Gasteiger partial charge in [0.05, 0.1) is 16.8 Å². The Labute approximate surface area is 191 Å². The largest absolute Gasteiger partial charge is 0.457 e. The van der Waals surface area contributed by atoms with Crippen molar-refractivity contribution in [2.75, 3.05) is 29.9 Å². The summed E-state index contributed by atoms with van der Waals surface area (Å²) in [4.78, 5) is 24.4. The van der Waals surface area contributed by atoms with E-state index in [-0.39, 0.29) is 24.9 Å². The molecule has 0 saturated carbocycles. The number of amides is 1. The molecule has 2 aromatic rings. The number of pyridine rings is 1. The zero-order chi connectivity index (χ0) is 25.8. The Kier molecular flexibility index (Phi) is 5.97. The highest BCUT2D eigenvalue weighted by Gasteiger charge is 2.66. The fourth-order valence-corrected chi connectivity index (χ4v) is 3.75. The van der Waals surface area contributed by atoms with E-state index in [1.807, 2.05) is 5.32 Å². The van der Waals surface area contributed by atoms with E-state index in [0.717, 1.165) is 6.07 Å². The van der Waals surface area contributed by atoms with Crippen LogP contribution in [-0.2, 0) is 10.9 Å². The molecule has 2 atom stereocenters. The molecule has 190 valence electrons. The molecule has 0 unspecified atom stereocenters. The number of rotatable bonds is 3. The highest BCUT2D eigenvalue weighted by Crippen LogP contribution is 2.51. The predicted molar refractivity (Wildman–Crippen MR) is 104 cm³/mol. The quantitative estimate of drug-likeness (QED) is 0.597. The average Bonchev–Trinajstić information content (AvgIpc) is 2.76. The van der Waals surface area contributed by atoms with Crippen LogP contribution < -0.4 is 15.5 Å². The zero-order valence-electron chi connectivity index (χ0n) is 17.6. The molecular weight excluding hydrogens is 496 g/mol. The Bertz CT molecular complexity index is 1140. The molecule has 1 amide bonds. The molecule has 2 aromatic heterocycles. The summed E-state index contributed by atoms with van der Waals surface area (Å²) < 4.78 is 113. The number of alkyl halides is 8. The topological polar surface area (TPSA) is 92.3 Å².